The van der Waals surface area contributed by atoms with Gasteiger partial charge in [0.05, 0.1) is 11.9 Å². The number of carboxylic acid groups (broad SMARTS) is 1. The summed E-state index contributed by atoms with van der Waals surface area (Å²) in [5.74, 6) is -3.91. The van der Waals surface area contributed by atoms with Crippen LogP contribution in [-0.4, -0.2) is 79.5 Å². The van der Waals surface area contributed by atoms with Crippen molar-refractivity contribution in [2.45, 2.75) is 96.2 Å². The second-order valence-electron chi connectivity index (χ2n) is 13.6. The molecule has 0 heterocycles. The zero-order chi connectivity index (χ0) is 30.8. The van der Waals surface area contributed by atoms with Gasteiger partial charge in [-0.3, -0.25) is 9.59 Å². The molecule has 4 rings (SSSR count). The number of carbonyl (C=O) groups is 4. The molecule has 9 atom stereocenters. The van der Waals surface area contributed by atoms with Gasteiger partial charge < -0.3 is 25.4 Å². The fraction of sp³-hybridized carbons (Fsp3) is 0.733. The Hall–Kier alpha value is -2.24. The number of aliphatic hydroxyl groups excluding tert-OH is 1. The standard InChI is InChI=1S/C30H42FNO8S/c1-16-11-20-19-8-7-17-12-18(33)9-10-27(17,5)29(19,31)22(34)13-28(20,6)30(16,39)23(35)15-41-14-21(24(36)37)32-25(38)40-26(2,3)4/h9-10,12,16,19-22,34,39H,7-8,11,13-15H2,1-6H3,(H,32,38)(H,36,37)/t16-,19+,20+,21?,22+,27+,28+,29+,30+/m1/s1. The van der Waals surface area contributed by atoms with Crippen LogP contribution in [0.1, 0.15) is 67.2 Å². The van der Waals surface area contributed by atoms with E-state index in [1.165, 1.54) is 12.2 Å². The smallest absolute Gasteiger partial charge is 0.408 e. The van der Waals surface area contributed by atoms with Crippen molar-refractivity contribution in [1.29, 1.82) is 0 Å². The molecule has 1 unspecified atom stereocenters. The van der Waals surface area contributed by atoms with Gasteiger partial charge in [-0.15, -0.1) is 0 Å². The van der Waals surface area contributed by atoms with Crippen LogP contribution in [0.3, 0.4) is 0 Å². The third kappa shape index (κ3) is 4.95. The van der Waals surface area contributed by atoms with Crippen LogP contribution in [0.25, 0.3) is 0 Å². The van der Waals surface area contributed by atoms with Gasteiger partial charge in [-0.05, 0) is 77.4 Å². The SMILES string of the molecule is C[C@@H]1C[C@H]2[C@@H]3CCC4=CC(=O)C=C[C@]4(C)[C@@]3(F)[C@@H](O)C[C@]2(C)[C@@]1(O)C(=O)CSCC(NC(=O)OC(C)(C)C)C(=O)O. The van der Waals surface area contributed by atoms with Gasteiger partial charge in [0.15, 0.2) is 17.2 Å². The summed E-state index contributed by atoms with van der Waals surface area (Å²) in [6, 6.07) is -1.31. The number of halogens is 1. The lowest BCUT2D eigenvalue weighted by atomic mass is 9.44. The van der Waals surface area contributed by atoms with E-state index in [4.69, 9.17) is 4.74 Å². The molecular formula is C30H42FNO8S. The number of nitrogens with one attached hydrogen (secondary N) is 1. The van der Waals surface area contributed by atoms with Gasteiger partial charge >= 0.3 is 12.1 Å². The van der Waals surface area contributed by atoms with E-state index < -0.39 is 75.4 Å². The first-order chi connectivity index (χ1) is 18.8. The minimum atomic E-state index is -2.07. The summed E-state index contributed by atoms with van der Waals surface area (Å²) < 4.78 is 22.4. The zero-order valence-electron chi connectivity index (χ0n) is 24.5. The molecule has 0 bridgehead atoms. The largest absolute Gasteiger partial charge is 0.480 e. The molecule has 3 saturated carbocycles. The van der Waals surface area contributed by atoms with Crippen molar-refractivity contribution in [1.82, 2.24) is 5.32 Å². The maximum Gasteiger partial charge on any atom is 0.408 e. The second-order valence-corrected chi connectivity index (χ2v) is 14.7. The highest BCUT2D eigenvalue weighted by atomic mass is 32.2. The summed E-state index contributed by atoms with van der Waals surface area (Å²) in [4.78, 5) is 49.5. The highest BCUT2D eigenvalue weighted by molar-refractivity contribution is 8.00. The topological polar surface area (TPSA) is 150 Å². The number of carbonyl (C=O) groups excluding carboxylic acids is 3. The number of fused-ring (bicyclic) bond motifs is 5. The average molecular weight is 596 g/mol. The molecule has 4 N–H and O–H groups in total. The van der Waals surface area contributed by atoms with E-state index in [1.807, 2.05) is 0 Å². The Morgan fingerprint density at radius 2 is 1.90 bits per heavy atom. The molecule has 9 nitrogen and oxygen atoms in total. The molecule has 3 fully saturated rings. The van der Waals surface area contributed by atoms with E-state index in [-0.39, 0.29) is 23.7 Å². The van der Waals surface area contributed by atoms with Crippen LogP contribution < -0.4 is 5.32 Å². The number of hydrogen-bond acceptors (Lipinski definition) is 8. The number of Topliss-reactive ketones (excluding diaryl/α,β-unsaturated/α-hetero) is 1. The Labute approximate surface area is 244 Å². The lowest BCUT2D eigenvalue weighted by Gasteiger charge is -2.62. The lowest BCUT2D eigenvalue weighted by Crippen LogP contribution is -2.69. The molecule has 0 radical (unpaired) electrons. The van der Waals surface area contributed by atoms with Crippen molar-refractivity contribution >= 4 is 35.4 Å². The minimum absolute atomic E-state index is 0.134. The Bertz CT molecular complexity index is 1200. The molecule has 41 heavy (non-hydrogen) atoms. The number of allylic oxidation sites excluding steroid dienone is 4. The molecule has 0 aromatic carbocycles. The van der Waals surface area contributed by atoms with Crippen molar-refractivity contribution in [2.75, 3.05) is 11.5 Å². The van der Waals surface area contributed by atoms with E-state index >= 15 is 4.39 Å². The molecule has 0 aromatic heterocycles. The third-order valence-electron chi connectivity index (χ3n) is 10.2. The number of hydrogen-bond donors (Lipinski definition) is 4. The Morgan fingerprint density at radius 3 is 2.51 bits per heavy atom. The first-order valence-corrected chi connectivity index (χ1v) is 15.3. The highest BCUT2D eigenvalue weighted by Gasteiger charge is 2.75. The van der Waals surface area contributed by atoms with Gasteiger partial charge in [-0.1, -0.05) is 25.5 Å². The Balaban J connectivity index is 1.52. The molecule has 0 aromatic rings. The van der Waals surface area contributed by atoms with Gasteiger partial charge in [0.2, 0.25) is 0 Å². The number of carboxylic acids is 1. The predicted octanol–water partition coefficient (Wildman–Crippen LogP) is 3.61. The Morgan fingerprint density at radius 1 is 1.24 bits per heavy atom. The second kappa shape index (κ2) is 10.5. The van der Waals surface area contributed by atoms with Crippen LogP contribution in [-0.2, 0) is 19.1 Å². The van der Waals surface area contributed by atoms with Crippen molar-refractivity contribution in [2.24, 2.45) is 28.6 Å². The monoisotopic (exact) mass is 595 g/mol. The molecule has 4 aliphatic carbocycles. The Kier molecular flexibility index (Phi) is 8.10. The summed E-state index contributed by atoms with van der Waals surface area (Å²) in [6.45, 7) is 10.2. The van der Waals surface area contributed by atoms with Gasteiger partial charge in [0.1, 0.15) is 17.2 Å². The van der Waals surface area contributed by atoms with E-state index in [0.717, 1.165) is 11.8 Å². The molecule has 4 aliphatic rings. The van der Waals surface area contributed by atoms with Crippen LogP contribution in [0.2, 0.25) is 0 Å². The molecule has 228 valence electrons. The fourth-order valence-corrected chi connectivity index (χ4v) is 9.13. The summed E-state index contributed by atoms with van der Waals surface area (Å²) in [7, 11) is 0. The van der Waals surface area contributed by atoms with E-state index in [0.29, 0.717) is 24.8 Å². The zero-order valence-corrected chi connectivity index (χ0v) is 25.3. The normalized spacial score (nSPS) is 40.5. The predicted molar refractivity (Wildman–Crippen MR) is 151 cm³/mol. The maximum absolute atomic E-state index is 17.3. The van der Waals surface area contributed by atoms with Gasteiger partial charge in [0, 0.05) is 22.5 Å². The number of amides is 1. The number of rotatable bonds is 7. The van der Waals surface area contributed by atoms with Crippen molar-refractivity contribution < 1.29 is 43.6 Å². The molecule has 0 spiro atoms. The first kappa shape index (κ1) is 31.7. The number of ether oxygens (including phenoxy) is 1. The molecule has 0 aliphatic heterocycles. The van der Waals surface area contributed by atoms with Gasteiger partial charge in [0.25, 0.3) is 0 Å². The maximum atomic E-state index is 17.3. The fourth-order valence-electron chi connectivity index (χ4n) is 8.14. The highest BCUT2D eigenvalue weighted by Crippen LogP contribution is 2.70. The number of aliphatic carboxylic acids is 1. The summed E-state index contributed by atoms with van der Waals surface area (Å²) in [6.07, 6.45) is 3.15. The number of ketones is 2. The number of alkyl carbamates (subject to hydrolysis) is 1. The first-order valence-electron chi connectivity index (χ1n) is 14.2. The lowest BCUT2D eigenvalue weighted by molar-refractivity contribution is -0.218. The van der Waals surface area contributed by atoms with E-state index in [2.05, 4.69) is 5.32 Å². The molecular weight excluding hydrogens is 553 g/mol. The minimum Gasteiger partial charge on any atom is -0.480 e. The summed E-state index contributed by atoms with van der Waals surface area (Å²) >= 11 is 0.975. The number of aliphatic hydroxyl groups is 2. The van der Waals surface area contributed by atoms with Crippen LogP contribution >= 0.6 is 11.8 Å². The van der Waals surface area contributed by atoms with Gasteiger partial charge in [-0.25, -0.2) is 14.0 Å². The van der Waals surface area contributed by atoms with Crippen LogP contribution in [0.15, 0.2) is 23.8 Å². The van der Waals surface area contributed by atoms with Crippen molar-refractivity contribution in [3.8, 4) is 0 Å². The molecule has 1 amide bonds. The summed E-state index contributed by atoms with van der Waals surface area (Å²) in [5, 5.41) is 35.4. The summed E-state index contributed by atoms with van der Waals surface area (Å²) in [5.41, 5.74) is -6.36. The quantitative estimate of drug-likeness (QED) is 0.346. The molecule has 11 heteroatoms. The average Bonchev–Trinajstić information content (AvgIpc) is 3.05. The number of thioether (sulfide) groups is 1. The van der Waals surface area contributed by atoms with Crippen LogP contribution in [0, 0.1) is 28.6 Å². The van der Waals surface area contributed by atoms with Gasteiger partial charge in [-0.2, -0.15) is 11.8 Å². The molecule has 0 saturated heterocycles. The van der Waals surface area contributed by atoms with E-state index in [1.54, 1.807) is 47.6 Å². The third-order valence-corrected chi connectivity index (χ3v) is 11.2. The van der Waals surface area contributed by atoms with Crippen molar-refractivity contribution in [3.63, 3.8) is 0 Å². The van der Waals surface area contributed by atoms with Crippen molar-refractivity contribution in [3.05, 3.63) is 23.8 Å². The van der Waals surface area contributed by atoms with Crippen LogP contribution in [0.5, 0.6) is 0 Å². The van der Waals surface area contributed by atoms with Crippen LogP contribution in [0.4, 0.5) is 9.18 Å². The van der Waals surface area contributed by atoms with E-state index in [9.17, 15) is 34.5 Å². The number of alkyl halides is 1.